The van der Waals surface area contributed by atoms with E-state index in [2.05, 4.69) is 0 Å². The van der Waals surface area contributed by atoms with Crippen LogP contribution in [0.4, 0.5) is 0 Å². The second-order valence-electron chi connectivity index (χ2n) is 9.83. The van der Waals surface area contributed by atoms with E-state index in [1.54, 1.807) is 12.2 Å². The van der Waals surface area contributed by atoms with Crippen molar-refractivity contribution in [1.29, 1.82) is 0 Å². The minimum absolute atomic E-state index is 0.0157. The molecular formula is C32H26Cl4O8. The molecule has 230 valence electrons. The van der Waals surface area contributed by atoms with Gasteiger partial charge in [0.2, 0.25) is 5.75 Å². The molecule has 12 heteroatoms. The van der Waals surface area contributed by atoms with E-state index in [1.807, 2.05) is 0 Å². The molecular weight excluding hydrogens is 654 g/mol. The van der Waals surface area contributed by atoms with E-state index in [0.29, 0.717) is 32.3 Å². The van der Waals surface area contributed by atoms with Crippen molar-refractivity contribution in [1.82, 2.24) is 0 Å². The molecule has 4 aromatic carbocycles. The van der Waals surface area contributed by atoms with Gasteiger partial charge < -0.3 is 40.5 Å². The van der Waals surface area contributed by atoms with E-state index in [4.69, 9.17) is 51.1 Å². The molecule has 0 aromatic heterocycles. The molecule has 0 aliphatic rings. The quantitative estimate of drug-likeness (QED) is 0.0824. The van der Waals surface area contributed by atoms with Crippen molar-refractivity contribution in [3.05, 3.63) is 109 Å². The molecule has 4 aromatic rings. The lowest BCUT2D eigenvalue weighted by atomic mass is 10.1. The second-order valence-corrected chi connectivity index (χ2v) is 11.6. The normalized spacial score (nSPS) is 12.0. The number of hydrogen-bond donors (Lipinski definition) is 7. The van der Waals surface area contributed by atoms with E-state index in [-0.39, 0.29) is 76.0 Å². The van der Waals surface area contributed by atoms with Crippen LogP contribution in [-0.2, 0) is 25.7 Å². The lowest BCUT2D eigenvalue weighted by Gasteiger charge is -2.14. The van der Waals surface area contributed by atoms with E-state index in [9.17, 15) is 35.7 Å². The van der Waals surface area contributed by atoms with Crippen molar-refractivity contribution in [3.63, 3.8) is 0 Å². The molecule has 0 spiro atoms. The summed E-state index contributed by atoms with van der Waals surface area (Å²) in [5.74, 6) is -1.63. The summed E-state index contributed by atoms with van der Waals surface area (Å²) in [6, 6.07) is 12.1. The van der Waals surface area contributed by atoms with Crippen molar-refractivity contribution in [2.75, 3.05) is 0 Å². The molecule has 0 heterocycles. The van der Waals surface area contributed by atoms with Gasteiger partial charge in [0.05, 0.1) is 10.0 Å². The minimum Gasteiger partial charge on any atom is -0.508 e. The van der Waals surface area contributed by atoms with Crippen LogP contribution in [0.5, 0.6) is 51.7 Å². The first kappa shape index (κ1) is 32.8. The summed E-state index contributed by atoms with van der Waals surface area (Å²) < 4.78 is 5.73. The Bertz CT molecular complexity index is 1720. The Balaban J connectivity index is 1.47. The average Bonchev–Trinajstić information content (AvgIpc) is 2.92. The molecule has 0 aliphatic carbocycles. The second kappa shape index (κ2) is 14.1. The lowest BCUT2D eigenvalue weighted by Crippen LogP contribution is -1.93. The lowest BCUT2D eigenvalue weighted by molar-refractivity contribution is 0.375. The van der Waals surface area contributed by atoms with Gasteiger partial charge in [-0.15, -0.1) is 0 Å². The molecule has 0 aliphatic heterocycles. The zero-order valence-electron chi connectivity index (χ0n) is 22.7. The van der Waals surface area contributed by atoms with Gasteiger partial charge in [0.1, 0.15) is 34.5 Å². The fraction of sp³-hybridized carbons (Fsp3) is 0.125. The van der Waals surface area contributed by atoms with Crippen LogP contribution < -0.4 is 4.74 Å². The summed E-state index contributed by atoms with van der Waals surface area (Å²) in [7, 11) is 0. The number of aromatic hydroxyl groups is 7. The molecule has 0 saturated carbocycles. The number of phenols is 7. The summed E-state index contributed by atoms with van der Waals surface area (Å²) in [4.78, 5) is 0. The predicted molar refractivity (Wildman–Crippen MR) is 170 cm³/mol. The first-order valence-electron chi connectivity index (χ1n) is 12.9. The van der Waals surface area contributed by atoms with Gasteiger partial charge in [-0.3, -0.25) is 0 Å². The van der Waals surface area contributed by atoms with Crippen molar-refractivity contribution in [2.24, 2.45) is 0 Å². The van der Waals surface area contributed by atoms with E-state index < -0.39 is 11.5 Å². The molecule has 0 amide bonds. The highest BCUT2D eigenvalue weighted by Crippen LogP contribution is 2.44. The van der Waals surface area contributed by atoms with Crippen LogP contribution in [0.1, 0.15) is 22.3 Å². The highest BCUT2D eigenvalue weighted by atomic mass is 35.5. The number of rotatable bonds is 10. The Kier molecular flexibility index (Phi) is 10.5. The van der Waals surface area contributed by atoms with Gasteiger partial charge in [-0.25, -0.2) is 0 Å². The maximum Gasteiger partial charge on any atom is 0.210 e. The maximum absolute atomic E-state index is 10.6. The van der Waals surface area contributed by atoms with Crippen LogP contribution in [0, 0.1) is 0 Å². The van der Waals surface area contributed by atoms with Gasteiger partial charge >= 0.3 is 0 Å². The van der Waals surface area contributed by atoms with Crippen molar-refractivity contribution in [3.8, 4) is 51.7 Å². The summed E-state index contributed by atoms with van der Waals surface area (Å²) in [5, 5.41) is 71.6. The minimum atomic E-state index is -0.396. The highest BCUT2D eigenvalue weighted by Gasteiger charge is 2.17. The van der Waals surface area contributed by atoms with Gasteiger partial charge in [-0.05, 0) is 60.4 Å². The largest absolute Gasteiger partial charge is 0.508 e. The third kappa shape index (κ3) is 8.51. The van der Waals surface area contributed by atoms with Crippen LogP contribution >= 0.6 is 46.4 Å². The Hall–Kier alpha value is -4.08. The predicted octanol–water partition coefficient (Wildman–Crippen LogP) is 8.54. The molecule has 0 bridgehead atoms. The van der Waals surface area contributed by atoms with Crippen molar-refractivity contribution >= 4 is 46.4 Å². The first-order chi connectivity index (χ1) is 20.8. The van der Waals surface area contributed by atoms with E-state index >= 15 is 0 Å². The maximum atomic E-state index is 10.6. The molecule has 7 N–H and O–H groups in total. The Morgan fingerprint density at radius 2 is 1.02 bits per heavy atom. The molecule has 4 rings (SSSR count). The third-order valence-corrected chi connectivity index (χ3v) is 7.57. The van der Waals surface area contributed by atoms with Crippen LogP contribution in [-0.4, -0.2) is 35.7 Å². The van der Waals surface area contributed by atoms with Gasteiger partial charge in [0.15, 0.2) is 11.5 Å². The zero-order valence-corrected chi connectivity index (χ0v) is 25.8. The van der Waals surface area contributed by atoms with Gasteiger partial charge in [-0.2, -0.15) is 0 Å². The number of hydrogen-bond acceptors (Lipinski definition) is 8. The Morgan fingerprint density at radius 1 is 0.545 bits per heavy atom. The Labute approximate surface area is 272 Å². The molecule has 0 atom stereocenters. The molecule has 0 unspecified atom stereocenters. The van der Waals surface area contributed by atoms with Crippen LogP contribution in [0.3, 0.4) is 0 Å². The molecule has 0 radical (unpaired) electrons. The monoisotopic (exact) mass is 678 g/mol. The molecule has 8 nitrogen and oxygen atoms in total. The molecule has 44 heavy (non-hydrogen) atoms. The van der Waals surface area contributed by atoms with E-state index in [1.165, 1.54) is 54.6 Å². The summed E-state index contributed by atoms with van der Waals surface area (Å²) in [5.41, 5.74) is 1.82. The van der Waals surface area contributed by atoms with Crippen LogP contribution in [0.15, 0.2) is 76.8 Å². The summed E-state index contributed by atoms with van der Waals surface area (Å²) in [6.45, 7) is 0. The fourth-order valence-corrected chi connectivity index (χ4v) is 5.11. The Morgan fingerprint density at radius 3 is 1.57 bits per heavy atom. The SMILES string of the molecule is Oc1cc(O)cc(CC(Cl)=CCc2cc(Oc3c(O)cc(CC(Cl)=CCc4cc(O)c(Cl)cc4O)cc3O)c(Cl)cc2O)c1. The number of phenolic OH excluding ortho intramolecular Hbond substituents is 7. The van der Waals surface area contributed by atoms with Crippen LogP contribution in [0.25, 0.3) is 0 Å². The number of ether oxygens (including phenoxy) is 1. The fourth-order valence-electron chi connectivity index (χ4n) is 4.29. The van der Waals surface area contributed by atoms with E-state index in [0.717, 1.165) is 0 Å². The van der Waals surface area contributed by atoms with Gasteiger partial charge in [-0.1, -0.05) is 58.6 Å². The summed E-state index contributed by atoms with van der Waals surface area (Å²) in [6.07, 6.45) is 3.94. The number of halogens is 4. The smallest absolute Gasteiger partial charge is 0.210 e. The van der Waals surface area contributed by atoms with Gasteiger partial charge in [0.25, 0.3) is 0 Å². The van der Waals surface area contributed by atoms with Crippen LogP contribution in [0.2, 0.25) is 10.0 Å². The van der Waals surface area contributed by atoms with Crippen molar-refractivity contribution in [2.45, 2.75) is 25.7 Å². The summed E-state index contributed by atoms with van der Waals surface area (Å²) >= 11 is 24.7. The number of allylic oxidation sites excluding steroid dienone is 4. The molecule has 0 fully saturated rings. The third-order valence-electron chi connectivity index (χ3n) is 6.40. The standard InChI is InChI=1S/C32H26Cl4O8/c33-20(5-16-7-22(37)13-23(38)8-16)4-2-19-12-31(25(36)15-27(19)40)44-32-29(42)9-17(10-30(32)43)6-21(34)3-1-18-11-28(41)24(35)14-26(18)39/h3-4,7-15,37-43H,1-2,5-6H2. The topological polar surface area (TPSA) is 151 Å². The first-order valence-corrected chi connectivity index (χ1v) is 14.5. The average molecular weight is 680 g/mol. The number of benzene rings is 4. The van der Waals surface area contributed by atoms with Gasteiger partial charge in [0, 0.05) is 52.2 Å². The highest BCUT2D eigenvalue weighted by molar-refractivity contribution is 6.32. The van der Waals surface area contributed by atoms with Crippen molar-refractivity contribution < 1.29 is 40.5 Å². The zero-order chi connectivity index (χ0) is 32.1. The molecule has 0 saturated heterocycles.